The van der Waals surface area contributed by atoms with E-state index >= 15 is 0 Å². The van der Waals surface area contributed by atoms with Gasteiger partial charge in [-0.05, 0) is 45.6 Å². The molecule has 0 saturated heterocycles. The summed E-state index contributed by atoms with van der Waals surface area (Å²) < 4.78 is 0. The minimum absolute atomic E-state index is 0. The minimum Gasteiger partial charge on any atom is -0.0776 e. The average molecular weight is 379 g/mol. The van der Waals surface area contributed by atoms with E-state index in [4.69, 9.17) is 0 Å². The van der Waals surface area contributed by atoms with Crippen LogP contribution in [-0.2, 0) is 10.8 Å². The summed E-state index contributed by atoms with van der Waals surface area (Å²) in [6.45, 7) is 31.5. The second-order valence-electron chi connectivity index (χ2n) is 11.7. The van der Waals surface area contributed by atoms with Crippen molar-refractivity contribution in [3.05, 3.63) is 35.4 Å². The summed E-state index contributed by atoms with van der Waals surface area (Å²) in [7, 11) is 0. The van der Waals surface area contributed by atoms with Gasteiger partial charge in [0.1, 0.15) is 0 Å². The average Bonchev–Trinajstić information content (AvgIpc) is 2.45. The van der Waals surface area contributed by atoms with Crippen LogP contribution < -0.4 is 0 Å². The lowest BCUT2D eigenvalue weighted by Crippen LogP contribution is -2.21. The van der Waals surface area contributed by atoms with Crippen LogP contribution >= 0.6 is 0 Å². The van der Waals surface area contributed by atoms with Crippen LogP contribution in [0.15, 0.2) is 24.3 Å². The van der Waals surface area contributed by atoms with Gasteiger partial charge in [0.25, 0.3) is 0 Å². The maximum atomic E-state index is 2.30. The second-order valence-corrected chi connectivity index (χ2v) is 11.7. The van der Waals surface area contributed by atoms with E-state index < -0.39 is 0 Å². The van der Waals surface area contributed by atoms with E-state index in [1.807, 2.05) is 13.8 Å². The Hall–Kier alpha value is -0.780. The van der Waals surface area contributed by atoms with E-state index in [-0.39, 0.29) is 18.3 Å². The van der Waals surface area contributed by atoms with Crippen molar-refractivity contribution in [2.45, 2.75) is 128 Å². The van der Waals surface area contributed by atoms with Crippen LogP contribution in [0.1, 0.15) is 128 Å². The molecule has 1 aromatic rings. The van der Waals surface area contributed by atoms with Gasteiger partial charge in [-0.15, -0.1) is 0 Å². The van der Waals surface area contributed by atoms with Crippen molar-refractivity contribution in [2.24, 2.45) is 10.8 Å². The third kappa shape index (κ3) is 15.9. The predicted octanol–water partition coefficient (Wildman–Crippen LogP) is 9.80. The largest absolute Gasteiger partial charge is 0.0776 e. The molecule has 0 bridgehead atoms. The molecule has 0 aromatic heterocycles. The maximum absolute atomic E-state index is 2.30. The number of benzene rings is 1. The highest BCUT2D eigenvalue weighted by molar-refractivity contribution is 5.37. The standard InChI is InChI=1S/C14H22.C10H22.C2H6.CH4/c1-13(2,3)11-9-7-8-10-12(11)14(4,5)6;1-9(2,3)7-8-10(4,5)6;1-2;/h7-10H,1-6H3;7-8H2,1-6H3;1-2H3;1H4. The SMILES string of the molecule is C.CC.CC(C)(C)CCC(C)(C)C.CC(C)(C)c1ccccc1C(C)(C)C. The van der Waals surface area contributed by atoms with Crippen LogP contribution in [0.4, 0.5) is 0 Å². The molecule has 0 radical (unpaired) electrons. The van der Waals surface area contributed by atoms with Crippen LogP contribution in [0.5, 0.6) is 0 Å². The summed E-state index contributed by atoms with van der Waals surface area (Å²) in [6, 6.07) is 8.77. The zero-order valence-corrected chi connectivity index (χ0v) is 20.7. The van der Waals surface area contributed by atoms with Gasteiger partial charge in [-0.2, -0.15) is 0 Å². The molecule has 162 valence electrons. The Balaban J connectivity index is -0.000000395. The molecule has 0 heterocycles. The summed E-state index contributed by atoms with van der Waals surface area (Å²) >= 11 is 0. The number of hydrogen-bond donors (Lipinski definition) is 0. The Morgan fingerprint density at radius 3 is 0.889 bits per heavy atom. The van der Waals surface area contributed by atoms with Crippen LogP contribution in [0.25, 0.3) is 0 Å². The fourth-order valence-corrected chi connectivity index (χ4v) is 2.54. The summed E-state index contributed by atoms with van der Waals surface area (Å²) in [4.78, 5) is 0. The molecule has 1 rings (SSSR count). The van der Waals surface area contributed by atoms with E-state index in [9.17, 15) is 0 Å². The molecule has 0 aliphatic heterocycles. The van der Waals surface area contributed by atoms with Crippen molar-refractivity contribution in [1.29, 1.82) is 0 Å². The van der Waals surface area contributed by atoms with Gasteiger partial charge in [-0.3, -0.25) is 0 Å². The van der Waals surface area contributed by atoms with Crippen LogP contribution in [-0.4, -0.2) is 0 Å². The van der Waals surface area contributed by atoms with E-state index in [0.717, 1.165) is 0 Å². The lowest BCUT2D eigenvalue weighted by Gasteiger charge is -2.29. The minimum atomic E-state index is 0. The van der Waals surface area contributed by atoms with Crippen molar-refractivity contribution in [2.75, 3.05) is 0 Å². The molecule has 0 N–H and O–H groups in total. The lowest BCUT2D eigenvalue weighted by molar-refractivity contribution is 0.275. The summed E-state index contributed by atoms with van der Waals surface area (Å²) in [5.74, 6) is 0. The van der Waals surface area contributed by atoms with Crippen LogP contribution in [0.2, 0.25) is 0 Å². The summed E-state index contributed by atoms with van der Waals surface area (Å²) in [6.07, 6.45) is 2.66. The second kappa shape index (κ2) is 11.9. The van der Waals surface area contributed by atoms with E-state index in [2.05, 4.69) is 107 Å². The molecule has 0 heteroatoms. The number of rotatable bonds is 1. The first-order valence-electron chi connectivity index (χ1n) is 10.5. The molecular formula is C27H54. The molecule has 0 saturated carbocycles. The van der Waals surface area contributed by atoms with Gasteiger partial charge < -0.3 is 0 Å². The van der Waals surface area contributed by atoms with Gasteiger partial charge in [0.15, 0.2) is 0 Å². The monoisotopic (exact) mass is 378 g/mol. The Morgan fingerprint density at radius 2 is 0.741 bits per heavy atom. The maximum Gasteiger partial charge on any atom is -0.0129 e. The van der Waals surface area contributed by atoms with Crippen molar-refractivity contribution < 1.29 is 0 Å². The van der Waals surface area contributed by atoms with E-state index in [1.165, 1.54) is 24.0 Å². The zero-order chi connectivity index (χ0) is 21.4. The highest BCUT2D eigenvalue weighted by atomic mass is 14.3. The van der Waals surface area contributed by atoms with Crippen molar-refractivity contribution >= 4 is 0 Å². The molecule has 0 atom stereocenters. The summed E-state index contributed by atoms with van der Waals surface area (Å²) in [5.41, 5.74) is 4.42. The van der Waals surface area contributed by atoms with Gasteiger partial charge in [0, 0.05) is 0 Å². The first kappa shape index (κ1) is 30.9. The third-order valence-corrected chi connectivity index (χ3v) is 4.17. The normalized spacial score (nSPS) is 12.1. The Bertz CT molecular complexity index is 431. The Morgan fingerprint density at radius 1 is 0.519 bits per heavy atom. The third-order valence-electron chi connectivity index (χ3n) is 4.17. The molecule has 0 aliphatic carbocycles. The molecule has 27 heavy (non-hydrogen) atoms. The smallest absolute Gasteiger partial charge is 0.0129 e. The molecule has 0 unspecified atom stereocenters. The first-order chi connectivity index (χ1) is 11.4. The quantitative estimate of drug-likeness (QED) is 0.456. The zero-order valence-electron chi connectivity index (χ0n) is 20.7. The van der Waals surface area contributed by atoms with Gasteiger partial charge in [-0.25, -0.2) is 0 Å². The molecule has 0 fully saturated rings. The molecule has 0 aliphatic rings. The highest BCUT2D eigenvalue weighted by Gasteiger charge is 2.23. The lowest BCUT2D eigenvalue weighted by atomic mass is 9.75. The highest BCUT2D eigenvalue weighted by Crippen LogP contribution is 2.33. The molecule has 0 spiro atoms. The van der Waals surface area contributed by atoms with Crippen molar-refractivity contribution in [3.63, 3.8) is 0 Å². The fraction of sp³-hybridized carbons (Fsp3) is 0.778. The van der Waals surface area contributed by atoms with Crippen LogP contribution in [0, 0.1) is 10.8 Å². The molecule has 1 aromatic carbocycles. The van der Waals surface area contributed by atoms with Gasteiger partial charge in [0.05, 0.1) is 0 Å². The van der Waals surface area contributed by atoms with Crippen LogP contribution in [0.3, 0.4) is 0 Å². The predicted molar refractivity (Wildman–Crippen MR) is 130 cm³/mol. The summed E-state index contributed by atoms with van der Waals surface area (Å²) in [5, 5.41) is 0. The van der Waals surface area contributed by atoms with Crippen molar-refractivity contribution in [1.82, 2.24) is 0 Å². The van der Waals surface area contributed by atoms with E-state index in [0.29, 0.717) is 10.8 Å². The van der Waals surface area contributed by atoms with Gasteiger partial charge in [0.2, 0.25) is 0 Å². The fourth-order valence-electron chi connectivity index (χ4n) is 2.54. The molecule has 0 nitrogen and oxygen atoms in total. The Kier molecular flexibility index (Phi) is 13.7. The van der Waals surface area contributed by atoms with Gasteiger partial charge >= 0.3 is 0 Å². The number of hydrogen-bond acceptors (Lipinski definition) is 0. The molecular weight excluding hydrogens is 324 g/mol. The Labute approximate surface area is 174 Å². The first-order valence-corrected chi connectivity index (χ1v) is 10.5. The van der Waals surface area contributed by atoms with Gasteiger partial charge in [-0.1, -0.05) is 129 Å². The van der Waals surface area contributed by atoms with Crippen molar-refractivity contribution in [3.8, 4) is 0 Å². The van der Waals surface area contributed by atoms with E-state index in [1.54, 1.807) is 0 Å². The topological polar surface area (TPSA) is 0 Å². The molecule has 0 amide bonds.